The first-order chi connectivity index (χ1) is 20.7. The van der Waals surface area contributed by atoms with Gasteiger partial charge in [0.25, 0.3) is 5.91 Å². The van der Waals surface area contributed by atoms with E-state index in [0.717, 1.165) is 11.3 Å². The van der Waals surface area contributed by atoms with E-state index >= 15 is 0 Å². The van der Waals surface area contributed by atoms with Crippen molar-refractivity contribution in [2.24, 2.45) is 0 Å². The molecule has 1 unspecified atom stereocenters. The number of benzene rings is 1. The summed E-state index contributed by atoms with van der Waals surface area (Å²) in [5, 5.41) is 2.63. The summed E-state index contributed by atoms with van der Waals surface area (Å²) in [6, 6.07) is 11.6. The molecule has 1 aromatic carbocycles. The van der Waals surface area contributed by atoms with Crippen molar-refractivity contribution < 1.29 is 42.2 Å². The highest BCUT2D eigenvalue weighted by Gasteiger charge is 2.29. The van der Waals surface area contributed by atoms with E-state index in [1.807, 2.05) is 0 Å². The Bertz CT molecular complexity index is 1830. The fourth-order valence-corrected chi connectivity index (χ4v) is 5.28. The highest BCUT2D eigenvalue weighted by Crippen LogP contribution is 2.35. The number of ether oxygens (including phenoxy) is 3. The number of carbonyl (C=O) groups is 4. The van der Waals surface area contributed by atoms with Crippen LogP contribution in [0.3, 0.4) is 0 Å². The van der Waals surface area contributed by atoms with E-state index in [2.05, 4.69) is 15.3 Å². The van der Waals surface area contributed by atoms with Gasteiger partial charge in [-0.15, -0.1) is 11.3 Å². The number of thiophene rings is 1. The molecule has 12 nitrogen and oxygen atoms in total. The van der Waals surface area contributed by atoms with Gasteiger partial charge in [-0.25, -0.2) is 24.4 Å². The minimum absolute atomic E-state index is 0.0109. The van der Waals surface area contributed by atoms with Crippen LogP contribution in [0.2, 0.25) is 0 Å². The second-order valence-corrected chi connectivity index (χ2v) is 10.1. The quantitative estimate of drug-likeness (QED) is 0.163. The van der Waals surface area contributed by atoms with Gasteiger partial charge in [0.2, 0.25) is 0 Å². The monoisotopic (exact) mass is 603 g/mol. The molecule has 0 spiro atoms. The highest BCUT2D eigenvalue weighted by molar-refractivity contribution is 7.18. The number of amides is 1. The minimum atomic E-state index is -1.27. The van der Waals surface area contributed by atoms with Crippen molar-refractivity contribution in [2.45, 2.75) is 26.9 Å². The zero-order chi connectivity index (χ0) is 30.7. The summed E-state index contributed by atoms with van der Waals surface area (Å²) >= 11 is 0.863. The maximum absolute atomic E-state index is 13.0. The van der Waals surface area contributed by atoms with Crippen molar-refractivity contribution in [1.29, 1.82) is 0 Å². The summed E-state index contributed by atoms with van der Waals surface area (Å²) in [5.41, 5.74) is 2.20. The van der Waals surface area contributed by atoms with Crippen molar-refractivity contribution in [2.75, 3.05) is 19.0 Å². The van der Waals surface area contributed by atoms with E-state index in [4.69, 9.17) is 23.0 Å². The summed E-state index contributed by atoms with van der Waals surface area (Å²) in [7, 11) is 1.18. The SMILES string of the molecule is CCOC(=O)c1sc(NC(=O)C(C)OC(=O)c2ccc3nc(-c4ccco4)c(-c4ccco4)nc3c2)c(C(=O)OC)c1C. The minimum Gasteiger partial charge on any atom is -0.465 e. The molecule has 4 heterocycles. The summed E-state index contributed by atoms with van der Waals surface area (Å²) in [6.45, 7) is 4.71. The third kappa shape index (κ3) is 5.88. The molecule has 0 radical (unpaired) electrons. The summed E-state index contributed by atoms with van der Waals surface area (Å²) in [6.07, 6.45) is 1.77. The molecule has 220 valence electrons. The van der Waals surface area contributed by atoms with Crippen LogP contribution in [-0.2, 0) is 19.0 Å². The first-order valence-corrected chi connectivity index (χ1v) is 13.8. The van der Waals surface area contributed by atoms with Gasteiger partial charge in [0, 0.05) is 0 Å². The molecule has 5 aromatic rings. The molecule has 0 aliphatic rings. The number of hydrogen-bond donors (Lipinski definition) is 1. The lowest BCUT2D eigenvalue weighted by molar-refractivity contribution is -0.123. The van der Waals surface area contributed by atoms with E-state index in [1.54, 1.807) is 44.2 Å². The number of anilines is 1. The number of nitrogens with one attached hydrogen (secondary N) is 1. The topological polar surface area (TPSA) is 160 Å². The Morgan fingerprint density at radius 2 is 1.58 bits per heavy atom. The lowest BCUT2D eigenvalue weighted by Gasteiger charge is -2.14. The van der Waals surface area contributed by atoms with Gasteiger partial charge in [-0.2, -0.15) is 0 Å². The van der Waals surface area contributed by atoms with Gasteiger partial charge in [-0.1, -0.05) is 0 Å². The van der Waals surface area contributed by atoms with Gasteiger partial charge in [-0.3, -0.25) is 4.79 Å². The fourth-order valence-electron chi connectivity index (χ4n) is 4.19. The molecule has 13 heteroatoms. The maximum atomic E-state index is 13.0. The van der Waals surface area contributed by atoms with Gasteiger partial charge in [0.15, 0.2) is 17.6 Å². The fraction of sp³-hybridized carbons (Fsp3) is 0.200. The molecule has 5 rings (SSSR count). The van der Waals surface area contributed by atoms with Crippen LogP contribution >= 0.6 is 11.3 Å². The molecule has 1 amide bonds. The normalized spacial score (nSPS) is 11.6. The molecule has 1 atom stereocenters. The molecule has 1 N–H and O–H groups in total. The van der Waals surface area contributed by atoms with Crippen LogP contribution in [0.25, 0.3) is 33.9 Å². The van der Waals surface area contributed by atoms with Crippen molar-refractivity contribution >= 4 is 51.2 Å². The largest absolute Gasteiger partial charge is 0.465 e. The first kappa shape index (κ1) is 29.2. The smallest absolute Gasteiger partial charge is 0.348 e. The van der Waals surface area contributed by atoms with E-state index in [0.29, 0.717) is 39.5 Å². The Morgan fingerprint density at radius 1 is 0.930 bits per heavy atom. The molecule has 0 bridgehead atoms. The number of rotatable bonds is 9. The predicted molar refractivity (Wildman–Crippen MR) is 155 cm³/mol. The molecule has 0 saturated carbocycles. The summed E-state index contributed by atoms with van der Waals surface area (Å²) in [4.78, 5) is 60.3. The molecular formula is C30H25N3O9S. The Morgan fingerprint density at radius 3 is 2.16 bits per heavy atom. The third-order valence-electron chi connectivity index (χ3n) is 6.30. The Kier molecular flexibility index (Phi) is 8.34. The van der Waals surface area contributed by atoms with E-state index in [9.17, 15) is 19.2 Å². The van der Waals surface area contributed by atoms with Crippen LogP contribution in [0, 0.1) is 6.92 Å². The molecule has 0 aliphatic carbocycles. The van der Waals surface area contributed by atoms with Gasteiger partial charge in [-0.05, 0) is 68.8 Å². The number of methoxy groups -OCH3 is 1. The molecule has 0 saturated heterocycles. The zero-order valence-corrected chi connectivity index (χ0v) is 24.3. The van der Waals surface area contributed by atoms with E-state index in [1.165, 1.54) is 38.7 Å². The maximum Gasteiger partial charge on any atom is 0.348 e. The van der Waals surface area contributed by atoms with Gasteiger partial charge >= 0.3 is 17.9 Å². The number of furan rings is 2. The Labute approximate surface area is 248 Å². The third-order valence-corrected chi connectivity index (χ3v) is 7.48. The number of esters is 3. The Balaban J connectivity index is 1.37. The molecule has 43 heavy (non-hydrogen) atoms. The molecular weight excluding hydrogens is 578 g/mol. The molecule has 4 aromatic heterocycles. The first-order valence-electron chi connectivity index (χ1n) is 13.0. The van der Waals surface area contributed by atoms with Crippen molar-refractivity contribution in [3.05, 3.63) is 76.6 Å². The van der Waals surface area contributed by atoms with Crippen LogP contribution in [0.5, 0.6) is 0 Å². The van der Waals surface area contributed by atoms with Gasteiger partial charge < -0.3 is 28.4 Å². The van der Waals surface area contributed by atoms with Crippen molar-refractivity contribution in [3.63, 3.8) is 0 Å². The van der Waals surface area contributed by atoms with E-state index < -0.39 is 29.9 Å². The van der Waals surface area contributed by atoms with E-state index in [-0.39, 0.29) is 27.6 Å². The van der Waals surface area contributed by atoms with Crippen LogP contribution in [0.1, 0.15) is 49.8 Å². The average molecular weight is 604 g/mol. The van der Waals surface area contributed by atoms with Crippen molar-refractivity contribution in [1.82, 2.24) is 9.97 Å². The number of fused-ring (bicyclic) bond motifs is 1. The second-order valence-electron chi connectivity index (χ2n) is 9.09. The summed E-state index contributed by atoms with van der Waals surface area (Å²) in [5.74, 6) is -1.94. The lowest BCUT2D eigenvalue weighted by atomic mass is 10.1. The van der Waals surface area contributed by atoms with Gasteiger partial charge in [0.1, 0.15) is 21.3 Å². The standard InChI is InChI=1S/C30H25N3O9S/c1-5-39-30(37)25-15(2)22(29(36)38-4)27(43-25)33-26(34)16(3)42-28(35)17-10-11-18-19(14-17)32-24(21-9-7-13-41-21)23(31-18)20-8-6-12-40-20/h6-14,16H,5H2,1-4H3,(H,33,34). The predicted octanol–water partition coefficient (Wildman–Crippen LogP) is 5.67. The van der Waals surface area contributed by atoms with Crippen LogP contribution in [-0.4, -0.2) is 53.6 Å². The second kappa shape index (κ2) is 12.3. The molecule has 0 fully saturated rings. The van der Waals surface area contributed by atoms with Crippen LogP contribution in [0.15, 0.2) is 63.8 Å². The number of aromatic nitrogens is 2. The summed E-state index contributed by atoms with van der Waals surface area (Å²) < 4.78 is 26.4. The number of hydrogen-bond acceptors (Lipinski definition) is 12. The van der Waals surface area contributed by atoms with Crippen LogP contribution < -0.4 is 5.32 Å². The average Bonchev–Trinajstić information content (AvgIpc) is 3.78. The van der Waals surface area contributed by atoms with Crippen molar-refractivity contribution in [3.8, 4) is 22.9 Å². The highest BCUT2D eigenvalue weighted by atomic mass is 32.1. The van der Waals surface area contributed by atoms with Gasteiger partial charge in [0.05, 0.1) is 48.4 Å². The number of carbonyl (C=O) groups excluding carboxylic acids is 4. The lowest BCUT2D eigenvalue weighted by Crippen LogP contribution is -2.30. The van der Waals surface area contributed by atoms with Crippen LogP contribution in [0.4, 0.5) is 5.00 Å². The molecule has 0 aliphatic heterocycles. The Hall–Kier alpha value is -5.30. The number of nitrogens with zero attached hydrogens (tertiary/aromatic N) is 2. The zero-order valence-electron chi connectivity index (χ0n) is 23.5.